The molecule has 0 spiro atoms. The van der Waals surface area contributed by atoms with Gasteiger partial charge in [0.2, 0.25) is 0 Å². The van der Waals surface area contributed by atoms with Gasteiger partial charge in [-0.2, -0.15) is 5.10 Å². The molecular formula is C25H27N7. The lowest BCUT2D eigenvalue weighted by atomic mass is 10.1. The zero-order valence-corrected chi connectivity index (χ0v) is 18.5. The van der Waals surface area contributed by atoms with Crippen LogP contribution in [-0.4, -0.2) is 68.2 Å². The fourth-order valence-corrected chi connectivity index (χ4v) is 4.22. The summed E-state index contributed by atoms with van der Waals surface area (Å²) in [5.74, 6) is 0. The molecule has 0 radical (unpaired) electrons. The smallest absolute Gasteiger partial charge is 0.135 e. The van der Waals surface area contributed by atoms with Crippen molar-refractivity contribution in [2.45, 2.75) is 6.92 Å². The molecule has 0 amide bonds. The van der Waals surface area contributed by atoms with Crippen molar-refractivity contribution >= 4 is 16.7 Å². The number of nitrogens with zero attached hydrogens (tertiary/aromatic N) is 5. The summed E-state index contributed by atoms with van der Waals surface area (Å²) in [6.45, 7) is 10.1. The highest BCUT2D eigenvalue weighted by Crippen LogP contribution is 2.32. The van der Waals surface area contributed by atoms with E-state index >= 15 is 0 Å². The van der Waals surface area contributed by atoms with Crippen molar-refractivity contribution < 1.29 is 0 Å². The van der Waals surface area contributed by atoms with E-state index in [0.29, 0.717) is 0 Å². The lowest BCUT2D eigenvalue weighted by Crippen LogP contribution is -2.43. The third-order valence-electron chi connectivity index (χ3n) is 6.00. The van der Waals surface area contributed by atoms with Gasteiger partial charge in [-0.05, 0) is 50.4 Å². The molecule has 0 atom stereocenters. The molecule has 162 valence electrons. The first-order valence-electron chi connectivity index (χ1n) is 10.9. The lowest BCUT2D eigenvalue weighted by Gasteiger charge is -2.35. The van der Waals surface area contributed by atoms with E-state index < -0.39 is 0 Å². The second-order valence-electron chi connectivity index (χ2n) is 8.18. The topological polar surface area (TPSA) is 76.7 Å². The second kappa shape index (κ2) is 8.43. The predicted octanol–water partition coefficient (Wildman–Crippen LogP) is 4.10. The first-order chi connectivity index (χ1) is 15.6. The number of aromatic amines is 2. The Morgan fingerprint density at radius 2 is 1.94 bits per heavy atom. The Morgan fingerprint density at radius 1 is 1.09 bits per heavy atom. The molecular weight excluding hydrogens is 398 g/mol. The normalized spacial score (nSPS) is 15.4. The van der Waals surface area contributed by atoms with Gasteiger partial charge in [0.25, 0.3) is 0 Å². The van der Waals surface area contributed by atoms with Gasteiger partial charge >= 0.3 is 0 Å². The van der Waals surface area contributed by atoms with Crippen molar-refractivity contribution in [2.75, 3.05) is 33.2 Å². The minimum absolute atomic E-state index is 0.809. The van der Waals surface area contributed by atoms with Crippen LogP contribution in [0.4, 0.5) is 0 Å². The Balaban J connectivity index is 1.54. The van der Waals surface area contributed by atoms with Crippen molar-refractivity contribution in [3.63, 3.8) is 0 Å². The van der Waals surface area contributed by atoms with E-state index in [9.17, 15) is 0 Å². The molecule has 2 N–H and O–H groups in total. The number of hydrogen-bond acceptors (Lipinski definition) is 5. The van der Waals surface area contributed by atoms with Crippen LogP contribution in [0.5, 0.6) is 0 Å². The number of pyridine rings is 2. The average Bonchev–Trinajstić information content (AvgIpc) is 3.41. The highest BCUT2D eigenvalue weighted by molar-refractivity contribution is 5.91. The Kier molecular flexibility index (Phi) is 5.33. The van der Waals surface area contributed by atoms with Gasteiger partial charge in [0.1, 0.15) is 11.2 Å². The summed E-state index contributed by atoms with van der Waals surface area (Å²) in [4.78, 5) is 17.6. The van der Waals surface area contributed by atoms with Gasteiger partial charge in [-0.1, -0.05) is 18.7 Å². The quantitative estimate of drug-likeness (QED) is 0.471. The largest absolute Gasteiger partial charge is 0.368 e. The van der Waals surface area contributed by atoms with Gasteiger partial charge in [0.15, 0.2) is 0 Å². The molecule has 1 saturated heterocycles. The van der Waals surface area contributed by atoms with Crippen molar-refractivity contribution in [1.82, 2.24) is 34.9 Å². The SMILES string of the molecule is C=C/C=C(\c1cc(-c2n[nH]c3ccc(-c4ccccn4)nc23)[nH]c1C)N1CCN(C)CC1. The minimum Gasteiger partial charge on any atom is -0.368 e. The van der Waals surface area contributed by atoms with Crippen molar-refractivity contribution in [3.8, 4) is 22.8 Å². The molecule has 5 heterocycles. The zero-order chi connectivity index (χ0) is 22.1. The summed E-state index contributed by atoms with van der Waals surface area (Å²) in [7, 11) is 2.17. The Bertz CT molecular complexity index is 1270. The number of allylic oxidation sites excluding steroid dienone is 2. The van der Waals surface area contributed by atoms with Crippen molar-refractivity contribution in [3.05, 3.63) is 72.6 Å². The number of aryl methyl sites for hydroxylation is 1. The fraction of sp³-hybridized carbons (Fsp3) is 0.240. The Labute approximate surface area is 187 Å². The van der Waals surface area contributed by atoms with Crippen molar-refractivity contribution in [2.24, 2.45) is 0 Å². The summed E-state index contributed by atoms with van der Waals surface area (Å²) in [6.07, 6.45) is 5.75. The standard InChI is InChI=1S/C25H27N7/c1-4-7-23(32-14-12-31(3)13-15-32)18-16-22(27-17(18)2)25-24-21(29-30-25)10-9-20(28-24)19-8-5-6-11-26-19/h4-11,16,27H,1,12-15H2,2-3H3,(H,29,30)/b23-7+. The van der Waals surface area contributed by atoms with E-state index in [1.165, 1.54) is 11.3 Å². The predicted molar refractivity (Wildman–Crippen MR) is 129 cm³/mol. The maximum absolute atomic E-state index is 4.88. The Morgan fingerprint density at radius 3 is 2.69 bits per heavy atom. The molecule has 0 aromatic carbocycles. The van der Waals surface area contributed by atoms with Crippen LogP contribution >= 0.6 is 0 Å². The van der Waals surface area contributed by atoms with Crippen LogP contribution < -0.4 is 0 Å². The van der Waals surface area contributed by atoms with E-state index in [1.54, 1.807) is 6.20 Å². The summed E-state index contributed by atoms with van der Waals surface area (Å²) in [6, 6.07) is 12.0. The van der Waals surface area contributed by atoms with Crippen LogP contribution in [0, 0.1) is 6.92 Å². The number of piperazine rings is 1. The zero-order valence-electron chi connectivity index (χ0n) is 18.5. The second-order valence-corrected chi connectivity index (χ2v) is 8.18. The molecule has 7 nitrogen and oxygen atoms in total. The molecule has 0 bridgehead atoms. The molecule has 4 aromatic heterocycles. The van der Waals surface area contributed by atoms with E-state index in [-0.39, 0.29) is 0 Å². The fourth-order valence-electron chi connectivity index (χ4n) is 4.22. The monoisotopic (exact) mass is 425 g/mol. The van der Waals surface area contributed by atoms with E-state index in [2.05, 4.69) is 62.7 Å². The molecule has 4 aromatic rings. The van der Waals surface area contributed by atoms with Gasteiger partial charge < -0.3 is 14.8 Å². The molecule has 7 heteroatoms. The van der Waals surface area contributed by atoms with Gasteiger partial charge in [-0.25, -0.2) is 4.98 Å². The third-order valence-corrected chi connectivity index (χ3v) is 6.00. The Hall–Kier alpha value is -3.71. The van der Waals surface area contributed by atoms with E-state index in [0.717, 1.165) is 65.7 Å². The molecule has 0 unspecified atom stereocenters. The average molecular weight is 426 g/mol. The summed E-state index contributed by atoms with van der Waals surface area (Å²) < 4.78 is 0. The third kappa shape index (κ3) is 3.71. The maximum Gasteiger partial charge on any atom is 0.135 e. The molecule has 1 aliphatic rings. The molecule has 1 fully saturated rings. The first-order valence-corrected chi connectivity index (χ1v) is 10.9. The number of rotatable bonds is 5. The van der Waals surface area contributed by atoms with Crippen LogP contribution in [0.1, 0.15) is 11.3 Å². The maximum atomic E-state index is 4.88. The highest BCUT2D eigenvalue weighted by Gasteiger charge is 2.21. The molecule has 1 aliphatic heterocycles. The number of nitrogens with one attached hydrogen (secondary N) is 2. The molecule has 32 heavy (non-hydrogen) atoms. The van der Waals surface area contributed by atoms with E-state index in [4.69, 9.17) is 4.98 Å². The number of H-pyrrole nitrogens is 2. The number of aromatic nitrogens is 5. The summed E-state index contributed by atoms with van der Waals surface area (Å²) >= 11 is 0. The molecule has 0 aliphatic carbocycles. The van der Waals surface area contributed by atoms with Crippen molar-refractivity contribution in [1.29, 1.82) is 0 Å². The first kappa shape index (κ1) is 20.2. The highest BCUT2D eigenvalue weighted by atomic mass is 15.3. The number of hydrogen-bond donors (Lipinski definition) is 2. The van der Waals surface area contributed by atoms with Crippen LogP contribution in [0.3, 0.4) is 0 Å². The van der Waals surface area contributed by atoms with Gasteiger partial charge in [0, 0.05) is 49.3 Å². The number of fused-ring (bicyclic) bond motifs is 1. The molecule has 5 rings (SSSR count). The summed E-state index contributed by atoms with van der Waals surface area (Å²) in [5.41, 5.74) is 8.61. The van der Waals surface area contributed by atoms with E-state index in [1.807, 2.05) is 36.4 Å². The van der Waals surface area contributed by atoms with Gasteiger partial charge in [0.05, 0.1) is 22.6 Å². The number of likely N-dealkylation sites (N-methyl/N-ethyl adjacent to an activating group) is 1. The van der Waals surface area contributed by atoms with Crippen LogP contribution in [-0.2, 0) is 0 Å². The van der Waals surface area contributed by atoms with Crippen LogP contribution in [0.2, 0.25) is 0 Å². The minimum atomic E-state index is 0.809. The lowest BCUT2D eigenvalue weighted by molar-refractivity contribution is 0.207. The summed E-state index contributed by atoms with van der Waals surface area (Å²) in [5, 5.41) is 7.70. The molecule has 0 saturated carbocycles. The van der Waals surface area contributed by atoms with Gasteiger partial charge in [-0.15, -0.1) is 0 Å². The van der Waals surface area contributed by atoms with Gasteiger partial charge in [-0.3, -0.25) is 10.1 Å². The van der Waals surface area contributed by atoms with Crippen LogP contribution in [0.15, 0.2) is 61.3 Å². The van der Waals surface area contributed by atoms with Crippen LogP contribution in [0.25, 0.3) is 39.5 Å².